The third kappa shape index (κ3) is 4.93. The molecule has 0 aliphatic rings. The van der Waals surface area contributed by atoms with Crippen LogP contribution in [-0.4, -0.2) is 22.3 Å². The van der Waals surface area contributed by atoms with Crippen molar-refractivity contribution in [3.63, 3.8) is 0 Å². The zero-order valence-corrected chi connectivity index (χ0v) is 14.9. The van der Waals surface area contributed by atoms with Crippen LogP contribution >= 0.6 is 0 Å². The number of hydrogen-bond donors (Lipinski definition) is 1. The van der Waals surface area contributed by atoms with Crippen molar-refractivity contribution in [3.05, 3.63) is 65.4 Å². The van der Waals surface area contributed by atoms with E-state index >= 15 is 0 Å². The first-order valence-corrected chi connectivity index (χ1v) is 8.32. The van der Waals surface area contributed by atoms with Gasteiger partial charge in [-0.1, -0.05) is 12.1 Å². The van der Waals surface area contributed by atoms with E-state index in [0.29, 0.717) is 10.7 Å². The Morgan fingerprint density at radius 1 is 1.07 bits per heavy atom. The van der Waals surface area contributed by atoms with Gasteiger partial charge in [-0.15, -0.1) is 0 Å². The summed E-state index contributed by atoms with van der Waals surface area (Å²) in [6, 6.07) is 8.52. The predicted octanol–water partition coefficient (Wildman–Crippen LogP) is 5.25. The van der Waals surface area contributed by atoms with Crippen molar-refractivity contribution in [3.8, 4) is 5.75 Å². The van der Waals surface area contributed by atoms with Gasteiger partial charge in [-0.2, -0.15) is 13.9 Å². The fraction of sp³-hybridized carbons (Fsp3) is 0.222. The molecule has 0 saturated heterocycles. The molecule has 0 atom stereocenters. The Balaban J connectivity index is 1.75. The highest BCUT2D eigenvalue weighted by molar-refractivity contribution is 6.03. The summed E-state index contributed by atoms with van der Waals surface area (Å²) < 4.78 is 86.7. The molecule has 160 valence electrons. The van der Waals surface area contributed by atoms with Gasteiger partial charge in [0.05, 0.1) is 12.2 Å². The first kappa shape index (κ1) is 21.3. The number of nitrogens with zero attached hydrogens (tertiary/aromatic N) is 2. The highest BCUT2D eigenvalue weighted by Crippen LogP contribution is 2.27. The van der Waals surface area contributed by atoms with Crippen LogP contribution in [0.25, 0.3) is 0 Å². The Bertz CT molecular complexity index is 1020. The first-order chi connectivity index (χ1) is 14.2. The van der Waals surface area contributed by atoms with E-state index in [2.05, 4.69) is 15.2 Å². The number of rotatable bonds is 8. The number of ether oxygens (including phenoxy) is 1. The third-order valence-corrected chi connectivity index (χ3v) is 3.82. The smallest absolute Gasteiger partial charge is 0.387 e. The summed E-state index contributed by atoms with van der Waals surface area (Å²) in [4.78, 5) is 12.3. The molecular formula is C18H13F6N3O3. The highest BCUT2D eigenvalue weighted by atomic mass is 19.3. The van der Waals surface area contributed by atoms with E-state index in [1.807, 2.05) is 0 Å². The van der Waals surface area contributed by atoms with Crippen LogP contribution in [0.1, 0.15) is 40.6 Å². The SMILES string of the molecule is O=C(Nc1ccccc1OC(F)F)c1ccc(Cn2nc(C(F)F)cc2C(F)F)o1. The van der Waals surface area contributed by atoms with Crippen LogP contribution in [0.15, 0.2) is 46.9 Å². The number of hydrogen-bond acceptors (Lipinski definition) is 4. The van der Waals surface area contributed by atoms with Gasteiger partial charge in [0.1, 0.15) is 22.9 Å². The Hall–Kier alpha value is -3.44. The second-order valence-electron chi connectivity index (χ2n) is 5.85. The lowest BCUT2D eigenvalue weighted by Gasteiger charge is -2.10. The maximum atomic E-state index is 13.0. The van der Waals surface area contributed by atoms with Gasteiger partial charge in [0.25, 0.3) is 18.8 Å². The van der Waals surface area contributed by atoms with E-state index in [0.717, 1.165) is 0 Å². The molecule has 0 unspecified atom stereocenters. The third-order valence-electron chi connectivity index (χ3n) is 3.82. The number of amides is 1. The van der Waals surface area contributed by atoms with Gasteiger partial charge in [-0.3, -0.25) is 9.48 Å². The molecule has 1 N–H and O–H groups in total. The lowest BCUT2D eigenvalue weighted by atomic mass is 10.3. The van der Waals surface area contributed by atoms with Gasteiger partial charge in [0.2, 0.25) is 0 Å². The molecule has 2 heterocycles. The molecule has 12 heteroatoms. The van der Waals surface area contributed by atoms with Crippen LogP contribution in [0.3, 0.4) is 0 Å². The van der Waals surface area contributed by atoms with Gasteiger partial charge >= 0.3 is 6.61 Å². The van der Waals surface area contributed by atoms with E-state index in [1.54, 1.807) is 0 Å². The van der Waals surface area contributed by atoms with Gasteiger partial charge in [0, 0.05) is 0 Å². The average Bonchev–Trinajstić information content (AvgIpc) is 3.30. The number of alkyl halides is 6. The molecule has 0 radical (unpaired) electrons. The van der Waals surface area contributed by atoms with Gasteiger partial charge in [0.15, 0.2) is 5.76 Å². The molecule has 1 aromatic carbocycles. The minimum absolute atomic E-state index is 0.0110. The number of aromatic nitrogens is 2. The van der Waals surface area contributed by atoms with Crippen LogP contribution in [0.4, 0.5) is 32.0 Å². The maximum absolute atomic E-state index is 13.0. The van der Waals surface area contributed by atoms with Gasteiger partial charge < -0.3 is 14.5 Å². The Morgan fingerprint density at radius 2 is 1.80 bits per heavy atom. The van der Waals surface area contributed by atoms with Crippen molar-refractivity contribution in [1.29, 1.82) is 0 Å². The molecule has 0 aliphatic heterocycles. The summed E-state index contributed by atoms with van der Waals surface area (Å²) >= 11 is 0. The largest absolute Gasteiger partial charge is 0.454 e. The van der Waals surface area contributed by atoms with Crippen molar-refractivity contribution in [2.24, 2.45) is 0 Å². The molecule has 1 amide bonds. The molecule has 0 aliphatic carbocycles. The number of nitrogens with one attached hydrogen (secondary N) is 1. The molecule has 6 nitrogen and oxygen atoms in total. The lowest BCUT2D eigenvalue weighted by molar-refractivity contribution is -0.0493. The topological polar surface area (TPSA) is 69.3 Å². The van der Waals surface area contributed by atoms with Gasteiger partial charge in [-0.05, 0) is 30.3 Å². The Kier molecular flexibility index (Phi) is 6.33. The number of carbonyl (C=O) groups excluding carboxylic acids is 1. The molecule has 0 fully saturated rings. The highest BCUT2D eigenvalue weighted by Gasteiger charge is 2.22. The number of carbonyl (C=O) groups is 1. The van der Waals surface area contributed by atoms with Crippen LogP contribution in [-0.2, 0) is 6.54 Å². The van der Waals surface area contributed by atoms with Crippen molar-refractivity contribution in [1.82, 2.24) is 9.78 Å². The number of benzene rings is 1. The van der Waals surface area contributed by atoms with Gasteiger partial charge in [-0.25, -0.2) is 17.6 Å². The summed E-state index contributed by atoms with van der Waals surface area (Å²) in [5.41, 5.74) is -1.59. The second kappa shape index (κ2) is 8.93. The summed E-state index contributed by atoms with van der Waals surface area (Å²) in [7, 11) is 0. The van der Waals surface area contributed by atoms with Crippen LogP contribution < -0.4 is 10.1 Å². The summed E-state index contributed by atoms with van der Waals surface area (Å²) in [6.45, 7) is -3.53. The number of anilines is 1. The number of furan rings is 1. The fourth-order valence-corrected chi connectivity index (χ4v) is 2.55. The summed E-state index contributed by atoms with van der Waals surface area (Å²) in [6.07, 6.45) is -6.08. The minimum atomic E-state index is -3.10. The molecular weight excluding hydrogens is 420 g/mol. The lowest BCUT2D eigenvalue weighted by Crippen LogP contribution is -2.13. The van der Waals surface area contributed by atoms with E-state index in [4.69, 9.17) is 4.42 Å². The molecule has 3 rings (SSSR count). The Labute approximate surface area is 165 Å². The molecule has 0 bridgehead atoms. The monoisotopic (exact) mass is 433 g/mol. The van der Waals surface area contributed by atoms with Crippen LogP contribution in [0.2, 0.25) is 0 Å². The second-order valence-corrected chi connectivity index (χ2v) is 5.85. The van der Waals surface area contributed by atoms with E-state index in [9.17, 15) is 31.1 Å². The first-order valence-electron chi connectivity index (χ1n) is 8.32. The van der Waals surface area contributed by atoms with Crippen LogP contribution in [0.5, 0.6) is 5.75 Å². The zero-order chi connectivity index (χ0) is 21.8. The number of para-hydroxylation sites is 2. The van der Waals surface area contributed by atoms with E-state index in [-0.39, 0.29) is 23.0 Å². The zero-order valence-electron chi connectivity index (χ0n) is 14.9. The molecule has 3 aromatic rings. The number of halogens is 6. The van der Waals surface area contributed by atoms with Crippen LogP contribution in [0, 0.1) is 0 Å². The molecule has 0 saturated carbocycles. The normalized spacial score (nSPS) is 11.5. The average molecular weight is 433 g/mol. The Morgan fingerprint density at radius 3 is 2.47 bits per heavy atom. The molecule has 30 heavy (non-hydrogen) atoms. The predicted molar refractivity (Wildman–Crippen MR) is 91.0 cm³/mol. The standard InChI is InChI=1S/C18H13F6N3O3/c19-15(20)11-7-12(16(21)22)27(26-11)8-9-5-6-14(29-9)17(28)25-10-3-1-2-4-13(10)30-18(23)24/h1-7,15-16,18H,8H2,(H,25,28). The van der Waals surface area contributed by atoms with E-state index in [1.165, 1.54) is 36.4 Å². The molecule has 2 aromatic heterocycles. The van der Waals surface area contributed by atoms with Crippen molar-refractivity contribution >= 4 is 11.6 Å². The van der Waals surface area contributed by atoms with E-state index < -0.39 is 43.3 Å². The van der Waals surface area contributed by atoms with Crippen molar-refractivity contribution in [2.45, 2.75) is 26.0 Å². The summed E-state index contributed by atoms with van der Waals surface area (Å²) in [5, 5.41) is 5.75. The quantitative estimate of drug-likeness (QED) is 0.493. The fourth-order valence-electron chi connectivity index (χ4n) is 2.55. The molecule has 0 spiro atoms. The van der Waals surface area contributed by atoms with Crippen molar-refractivity contribution in [2.75, 3.05) is 5.32 Å². The maximum Gasteiger partial charge on any atom is 0.387 e. The minimum Gasteiger partial charge on any atom is -0.454 e. The summed E-state index contributed by atoms with van der Waals surface area (Å²) in [5.74, 6) is -1.38. The van der Waals surface area contributed by atoms with Crippen molar-refractivity contribution < 1.29 is 40.3 Å².